The zero-order valence-corrected chi connectivity index (χ0v) is 13.2. The van der Waals surface area contributed by atoms with Gasteiger partial charge in [-0.3, -0.25) is 0 Å². The molecule has 0 radical (unpaired) electrons. The summed E-state index contributed by atoms with van der Waals surface area (Å²) in [6.45, 7) is 4.37. The van der Waals surface area contributed by atoms with Crippen LogP contribution in [-0.2, 0) is 0 Å². The fourth-order valence-electron chi connectivity index (χ4n) is 2.05. The predicted molar refractivity (Wildman–Crippen MR) is 85.3 cm³/mol. The smallest absolute Gasteiger partial charge is 0.319 e. The fraction of sp³-hybridized carbons (Fsp3) is 0.533. The van der Waals surface area contributed by atoms with Gasteiger partial charge in [-0.1, -0.05) is 26.7 Å². The quantitative estimate of drug-likeness (QED) is 0.676. The lowest BCUT2D eigenvalue weighted by Crippen LogP contribution is -2.38. The molecule has 0 aromatic heterocycles. The molecule has 1 unspecified atom stereocenters. The van der Waals surface area contributed by atoms with Gasteiger partial charge in [0.2, 0.25) is 0 Å². The van der Waals surface area contributed by atoms with Gasteiger partial charge in [0, 0.05) is 17.1 Å². The summed E-state index contributed by atoms with van der Waals surface area (Å²) >= 11 is 1.66. The Morgan fingerprint density at radius 1 is 1.25 bits per heavy atom. The first-order chi connectivity index (χ1) is 9.60. The van der Waals surface area contributed by atoms with E-state index in [-0.39, 0.29) is 18.5 Å². The molecule has 112 valence electrons. The molecule has 0 aliphatic heterocycles. The van der Waals surface area contributed by atoms with E-state index in [1.165, 1.54) is 0 Å². The van der Waals surface area contributed by atoms with Gasteiger partial charge in [-0.2, -0.15) is 0 Å². The third-order valence-electron chi connectivity index (χ3n) is 3.41. The Morgan fingerprint density at radius 2 is 1.85 bits per heavy atom. The van der Waals surface area contributed by atoms with E-state index in [4.69, 9.17) is 0 Å². The largest absolute Gasteiger partial charge is 0.391 e. The number of thioether (sulfide) groups is 1. The number of aliphatic hydroxyl groups excluding tert-OH is 1. The third kappa shape index (κ3) is 5.43. The molecule has 0 bridgehead atoms. The van der Waals surface area contributed by atoms with E-state index in [0.29, 0.717) is 0 Å². The predicted octanol–water partition coefficient (Wildman–Crippen LogP) is 3.33. The average molecular weight is 296 g/mol. The van der Waals surface area contributed by atoms with Gasteiger partial charge in [0.15, 0.2) is 0 Å². The van der Waals surface area contributed by atoms with E-state index < -0.39 is 6.10 Å². The fourth-order valence-corrected chi connectivity index (χ4v) is 2.45. The maximum Gasteiger partial charge on any atom is 0.319 e. The second kappa shape index (κ2) is 8.87. The summed E-state index contributed by atoms with van der Waals surface area (Å²) in [6, 6.07) is 7.36. The first-order valence-electron chi connectivity index (χ1n) is 6.97. The van der Waals surface area contributed by atoms with Crippen molar-refractivity contribution in [2.24, 2.45) is 5.92 Å². The zero-order chi connectivity index (χ0) is 15.0. The highest BCUT2D eigenvalue weighted by Crippen LogP contribution is 2.17. The number of urea groups is 1. The highest BCUT2D eigenvalue weighted by atomic mass is 32.2. The number of carbonyl (C=O) groups excluding carboxylic acids is 1. The molecule has 0 aliphatic carbocycles. The lowest BCUT2D eigenvalue weighted by molar-refractivity contribution is 0.104. The maximum atomic E-state index is 11.7. The van der Waals surface area contributed by atoms with Crippen molar-refractivity contribution < 1.29 is 9.90 Å². The number of hydrogen-bond donors (Lipinski definition) is 3. The molecule has 2 amide bonds. The zero-order valence-electron chi connectivity index (χ0n) is 12.3. The van der Waals surface area contributed by atoms with Crippen molar-refractivity contribution in [3.63, 3.8) is 0 Å². The van der Waals surface area contributed by atoms with Crippen LogP contribution in [0.4, 0.5) is 10.5 Å². The number of hydrogen-bond acceptors (Lipinski definition) is 3. The molecule has 0 aliphatic rings. The van der Waals surface area contributed by atoms with Gasteiger partial charge in [-0.15, -0.1) is 11.8 Å². The van der Waals surface area contributed by atoms with Crippen LogP contribution >= 0.6 is 11.8 Å². The van der Waals surface area contributed by atoms with Crippen LogP contribution in [0.25, 0.3) is 0 Å². The van der Waals surface area contributed by atoms with E-state index in [2.05, 4.69) is 10.6 Å². The second-order valence-electron chi connectivity index (χ2n) is 4.71. The highest BCUT2D eigenvalue weighted by Gasteiger charge is 2.16. The monoisotopic (exact) mass is 296 g/mol. The summed E-state index contributed by atoms with van der Waals surface area (Å²) in [5.74, 6) is 0.233. The summed E-state index contributed by atoms with van der Waals surface area (Å²) in [4.78, 5) is 12.9. The molecule has 1 rings (SSSR count). The van der Waals surface area contributed by atoms with Crippen molar-refractivity contribution in [3.05, 3.63) is 24.3 Å². The molecule has 0 saturated carbocycles. The minimum absolute atomic E-state index is 0.233. The lowest BCUT2D eigenvalue weighted by Gasteiger charge is -2.20. The van der Waals surface area contributed by atoms with Crippen molar-refractivity contribution >= 4 is 23.5 Å². The van der Waals surface area contributed by atoms with Gasteiger partial charge in [-0.25, -0.2) is 4.79 Å². The number of benzene rings is 1. The van der Waals surface area contributed by atoms with Crippen LogP contribution in [0.1, 0.15) is 26.7 Å². The van der Waals surface area contributed by atoms with Gasteiger partial charge < -0.3 is 15.7 Å². The van der Waals surface area contributed by atoms with E-state index in [0.717, 1.165) is 23.4 Å². The summed E-state index contributed by atoms with van der Waals surface area (Å²) in [5, 5.41) is 15.4. The molecule has 5 heteroatoms. The van der Waals surface area contributed by atoms with Crippen LogP contribution in [0.2, 0.25) is 0 Å². The number of nitrogens with one attached hydrogen (secondary N) is 2. The molecule has 1 atom stereocenters. The molecule has 3 N–H and O–H groups in total. The molecular weight excluding hydrogens is 272 g/mol. The van der Waals surface area contributed by atoms with Crippen molar-refractivity contribution in [2.75, 3.05) is 18.1 Å². The number of rotatable bonds is 7. The summed E-state index contributed by atoms with van der Waals surface area (Å²) < 4.78 is 0. The Hall–Kier alpha value is -1.20. The Balaban J connectivity index is 2.39. The molecule has 1 aromatic carbocycles. The van der Waals surface area contributed by atoms with Gasteiger partial charge in [0.05, 0.1) is 6.10 Å². The third-order valence-corrected chi connectivity index (χ3v) is 4.16. The van der Waals surface area contributed by atoms with Gasteiger partial charge >= 0.3 is 6.03 Å². The van der Waals surface area contributed by atoms with E-state index in [1.807, 2.05) is 44.4 Å². The Kier molecular flexibility index (Phi) is 7.47. The van der Waals surface area contributed by atoms with Crippen molar-refractivity contribution in [3.8, 4) is 0 Å². The average Bonchev–Trinajstić information content (AvgIpc) is 2.47. The maximum absolute atomic E-state index is 11.7. The second-order valence-corrected chi connectivity index (χ2v) is 5.59. The molecule has 0 heterocycles. The van der Waals surface area contributed by atoms with Crippen LogP contribution in [0, 0.1) is 5.92 Å². The Morgan fingerprint density at radius 3 is 2.35 bits per heavy atom. The first-order valence-corrected chi connectivity index (χ1v) is 8.20. The molecular formula is C15H24N2O2S. The topological polar surface area (TPSA) is 61.4 Å². The Labute approximate surface area is 125 Å². The van der Waals surface area contributed by atoms with Crippen LogP contribution < -0.4 is 10.6 Å². The molecule has 4 nitrogen and oxygen atoms in total. The summed E-state index contributed by atoms with van der Waals surface area (Å²) in [6.07, 6.45) is 3.34. The molecule has 0 saturated heterocycles. The molecule has 0 fully saturated rings. The normalized spacial score (nSPS) is 12.2. The van der Waals surface area contributed by atoms with Crippen LogP contribution in [0.3, 0.4) is 0 Å². The van der Waals surface area contributed by atoms with E-state index >= 15 is 0 Å². The standard InChI is InChI=1S/C15H24N2O2S/c1-4-11(5-2)14(18)10-16-15(19)17-12-6-8-13(20-3)9-7-12/h6-9,11,14,18H,4-5,10H2,1-3H3,(H2,16,17,19). The highest BCUT2D eigenvalue weighted by molar-refractivity contribution is 7.98. The SMILES string of the molecule is CCC(CC)C(O)CNC(=O)Nc1ccc(SC)cc1. The minimum Gasteiger partial charge on any atom is -0.391 e. The van der Waals surface area contributed by atoms with E-state index in [1.54, 1.807) is 11.8 Å². The first kappa shape index (κ1) is 16.9. The lowest BCUT2D eigenvalue weighted by atomic mass is 9.97. The van der Waals surface area contributed by atoms with Gasteiger partial charge in [-0.05, 0) is 36.4 Å². The van der Waals surface area contributed by atoms with Crippen molar-refractivity contribution in [2.45, 2.75) is 37.7 Å². The Bertz CT molecular complexity index is 405. The van der Waals surface area contributed by atoms with Crippen LogP contribution in [0.5, 0.6) is 0 Å². The number of aliphatic hydroxyl groups is 1. The number of anilines is 1. The minimum atomic E-state index is -0.491. The van der Waals surface area contributed by atoms with Gasteiger partial charge in [0.1, 0.15) is 0 Å². The van der Waals surface area contributed by atoms with Crippen LogP contribution in [-0.4, -0.2) is 30.0 Å². The number of carbonyl (C=O) groups is 1. The molecule has 20 heavy (non-hydrogen) atoms. The van der Waals surface area contributed by atoms with Crippen LogP contribution in [0.15, 0.2) is 29.2 Å². The van der Waals surface area contributed by atoms with Crippen molar-refractivity contribution in [1.29, 1.82) is 0 Å². The molecule has 0 spiro atoms. The summed E-state index contributed by atoms with van der Waals surface area (Å²) in [7, 11) is 0. The number of amides is 2. The van der Waals surface area contributed by atoms with Crippen molar-refractivity contribution in [1.82, 2.24) is 5.32 Å². The van der Waals surface area contributed by atoms with Gasteiger partial charge in [0.25, 0.3) is 0 Å². The summed E-state index contributed by atoms with van der Waals surface area (Å²) in [5.41, 5.74) is 0.748. The molecule has 1 aromatic rings. The van der Waals surface area contributed by atoms with E-state index in [9.17, 15) is 9.90 Å².